The molecular weight excluding hydrogens is 306 g/mol. The van der Waals surface area contributed by atoms with Crippen molar-refractivity contribution >= 4 is 23.1 Å². The van der Waals surface area contributed by atoms with Crippen LogP contribution in [0.2, 0.25) is 0 Å². The first-order valence-electron chi connectivity index (χ1n) is 7.30. The molecule has 8 N–H and O–H groups in total. The maximum Gasteiger partial charge on any atom is 0.222 e. The maximum absolute atomic E-state index is 6.17. The van der Waals surface area contributed by atoms with Crippen LogP contribution in [0.1, 0.15) is 11.1 Å². The number of nitrogen functional groups attached to an aromatic ring is 3. The van der Waals surface area contributed by atoms with Gasteiger partial charge in [0.2, 0.25) is 5.95 Å². The summed E-state index contributed by atoms with van der Waals surface area (Å²) < 4.78 is 5.34. The molecule has 0 aliphatic carbocycles. The lowest BCUT2D eigenvalue weighted by atomic mass is 10.1. The first kappa shape index (κ1) is 15.6. The molecule has 0 amide bonds. The second-order valence-electron chi connectivity index (χ2n) is 5.46. The summed E-state index contributed by atoms with van der Waals surface area (Å²) in [6.45, 7) is 2.32. The van der Waals surface area contributed by atoms with Crippen molar-refractivity contribution in [1.29, 1.82) is 0 Å². The molecule has 3 rings (SSSR count). The van der Waals surface area contributed by atoms with Crippen LogP contribution in [-0.2, 0) is 6.54 Å². The van der Waals surface area contributed by atoms with Gasteiger partial charge in [-0.25, -0.2) is 10.8 Å². The Balaban J connectivity index is 1.94. The van der Waals surface area contributed by atoms with Gasteiger partial charge >= 0.3 is 0 Å². The minimum absolute atomic E-state index is 0.0644. The molecule has 0 radical (unpaired) electrons. The Hall–Kier alpha value is -3.26. The van der Waals surface area contributed by atoms with Gasteiger partial charge in [0, 0.05) is 5.69 Å². The second kappa shape index (κ2) is 6.09. The third-order valence-corrected chi connectivity index (χ3v) is 3.66. The zero-order chi connectivity index (χ0) is 17.3. The van der Waals surface area contributed by atoms with Gasteiger partial charge in [0.05, 0.1) is 12.8 Å². The van der Waals surface area contributed by atoms with E-state index in [-0.39, 0.29) is 5.95 Å². The highest BCUT2D eigenvalue weighted by molar-refractivity contribution is 5.79. The lowest BCUT2D eigenvalue weighted by Gasteiger charge is -2.21. The fourth-order valence-corrected chi connectivity index (χ4v) is 2.40. The predicted molar refractivity (Wildman–Crippen MR) is 94.5 cm³/mol. The van der Waals surface area contributed by atoms with E-state index in [9.17, 15) is 0 Å². The summed E-state index contributed by atoms with van der Waals surface area (Å²) >= 11 is 0. The van der Waals surface area contributed by atoms with E-state index in [1.54, 1.807) is 12.1 Å². The third kappa shape index (κ3) is 2.95. The fourth-order valence-electron chi connectivity index (χ4n) is 2.40. The van der Waals surface area contributed by atoms with Crippen LogP contribution in [0.3, 0.4) is 0 Å². The quantitative estimate of drug-likeness (QED) is 0.322. The number of aromatic nitrogens is 2. The number of aryl methyl sites for hydroxylation is 1. The van der Waals surface area contributed by atoms with Gasteiger partial charge in [-0.3, -0.25) is 5.01 Å². The summed E-state index contributed by atoms with van der Waals surface area (Å²) in [5.41, 5.74) is 21.2. The number of anilines is 4. The van der Waals surface area contributed by atoms with Crippen LogP contribution in [0.15, 0.2) is 41.0 Å². The molecule has 0 unspecified atom stereocenters. The minimum atomic E-state index is 0.0644. The van der Waals surface area contributed by atoms with Crippen molar-refractivity contribution in [3.05, 3.63) is 47.7 Å². The summed E-state index contributed by atoms with van der Waals surface area (Å²) in [6, 6.07) is 9.18. The van der Waals surface area contributed by atoms with Crippen LogP contribution in [0, 0.1) is 6.92 Å². The van der Waals surface area contributed by atoms with Crippen molar-refractivity contribution in [2.24, 2.45) is 5.84 Å². The number of nitrogens with zero attached hydrogens (tertiary/aromatic N) is 3. The summed E-state index contributed by atoms with van der Waals surface area (Å²) in [4.78, 5) is 8.30. The Bertz CT molecular complexity index is 861. The van der Waals surface area contributed by atoms with Crippen molar-refractivity contribution in [1.82, 2.24) is 9.97 Å². The Labute approximate surface area is 139 Å². The number of furan rings is 1. The summed E-state index contributed by atoms with van der Waals surface area (Å²) in [7, 11) is 0. The molecule has 0 atom stereocenters. The highest BCUT2D eigenvalue weighted by atomic mass is 16.3. The first-order chi connectivity index (χ1) is 11.5. The average molecular weight is 325 g/mol. The van der Waals surface area contributed by atoms with Crippen molar-refractivity contribution in [2.45, 2.75) is 13.5 Å². The molecule has 3 aromatic rings. The molecule has 8 heteroatoms. The SMILES string of the molecule is Cc1cc(CN(N)c2nc(N)nc(-c3ccco3)c2N)ccc1N. The second-order valence-corrected chi connectivity index (χ2v) is 5.46. The molecule has 0 bridgehead atoms. The van der Waals surface area contributed by atoms with Crippen molar-refractivity contribution in [2.75, 3.05) is 22.2 Å². The van der Waals surface area contributed by atoms with Crippen LogP contribution in [0.5, 0.6) is 0 Å². The van der Waals surface area contributed by atoms with Gasteiger partial charge in [-0.1, -0.05) is 12.1 Å². The Morgan fingerprint density at radius 3 is 2.58 bits per heavy atom. The average Bonchev–Trinajstić information content (AvgIpc) is 3.07. The molecule has 124 valence electrons. The third-order valence-electron chi connectivity index (χ3n) is 3.66. The van der Waals surface area contributed by atoms with E-state index < -0.39 is 0 Å². The zero-order valence-electron chi connectivity index (χ0n) is 13.2. The zero-order valence-corrected chi connectivity index (χ0v) is 13.2. The summed E-state index contributed by atoms with van der Waals surface area (Å²) in [5.74, 6) is 7.05. The number of hydrogen-bond acceptors (Lipinski definition) is 8. The Kier molecular flexibility index (Phi) is 3.97. The number of benzene rings is 1. The van der Waals surface area contributed by atoms with Gasteiger partial charge < -0.3 is 21.6 Å². The van der Waals surface area contributed by atoms with Crippen LogP contribution in [-0.4, -0.2) is 9.97 Å². The highest BCUT2D eigenvalue weighted by Gasteiger charge is 2.18. The lowest BCUT2D eigenvalue weighted by Crippen LogP contribution is -2.32. The van der Waals surface area contributed by atoms with Crippen molar-refractivity contribution in [3.8, 4) is 11.5 Å². The number of rotatable bonds is 4. The smallest absolute Gasteiger partial charge is 0.222 e. The molecule has 1 aromatic carbocycles. The van der Waals surface area contributed by atoms with E-state index in [2.05, 4.69) is 9.97 Å². The highest BCUT2D eigenvalue weighted by Crippen LogP contribution is 2.31. The summed E-state index contributed by atoms with van der Waals surface area (Å²) in [5, 5.41) is 1.42. The Morgan fingerprint density at radius 1 is 1.12 bits per heavy atom. The number of hydrazine groups is 1. The molecule has 24 heavy (non-hydrogen) atoms. The molecule has 2 heterocycles. The van der Waals surface area contributed by atoms with E-state index >= 15 is 0 Å². The van der Waals surface area contributed by atoms with Crippen molar-refractivity contribution in [3.63, 3.8) is 0 Å². The monoisotopic (exact) mass is 325 g/mol. The van der Waals surface area contributed by atoms with E-state index in [0.717, 1.165) is 16.8 Å². The van der Waals surface area contributed by atoms with Gasteiger partial charge in [-0.2, -0.15) is 4.98 Å². The lowest BCUT2D eigenvalue weighted by molar-refractivity contribution is 0.580. The van der Waals surface area contributed by atoms with E-state index in [1.807, 2.05) is 25.1 Å². The van der Waals surface area contributed by atoms with Crippen LogP contribution < -0.4 is 28.1 Å². The van der Waals surface area contributed by atoms with Gasteiger partial charge in [0.15, 0.2) is 11.6 Å². The largest absolute Gasteiger partial charge is 0.463 e. The van der Waals surface area contributed by atoms with Crippen LogP contribution in [0.4, 0.5) is 23.1 Å². The Morgan fingerprint density at radius 2 is 1.92 bits per heavy atom. The standard InChI is InChI=1S/C16H19N7O/c1-9-7-10(4-5-11(9)17)8-23(20)15-13(18)14(21-16(19)22-15)12-3-2-6-24-12/h2-7H,8,17-18,20H2,1H3,(H2,19,21,22). The molecule has 8 nitrogen and oxygen atoms in total. The number of nitrogens with two attached hydrogens (primary N) is 4. The van der Waals surface area contributed by atoms with Gasteiger partial charge in [-0.05, 0) is 36.2 Å². The molecule has 0 spiro atoms. The van der Waals surface area contributed by atoms with Crippen LogP contribution in [0.25, 0.3) is 11.5 Å². The fraction of sp³-hybridized carbons (Fsp3) is 0.125. The van der Waals surface area contributed by atoms with Gasteiger partial charge in [-0.15, -0.1) is 0 Å². The van der Waals surface area contributed by atoms with Crippen molar-refractivity contribution < 1.29 is 4.42 Å². The maximum atomic E-state index is 6.17. The molecule has 0 fully saturated rings. The normalized spacial score (nSPS) is 10.8. The van der Waals surface area contributed by atoms with E-state index in [1.165, 1.54) is 11.3 Å². The van der Waals surface area contributed by atoms with E-state index in [0.29, 0.717) is 29.5 Å². The first-order valence-corrected chi connectivity index (χ1v) is 7.30. The molecule has 0 aliphatic rings. The molecule has 0 aliphatic heterocycles. The van der Waals surface area contributed by atoms with E-state index in [4.69, 9.17) is 27.5 Å². The topological polar surface area (TPSA) is 146 Å². The molecular formula is C16H19N7O. The predicted octanol–water partition coefficient (Wildman–Crippen LogP) is 1.67. The molecule has 0 saturated carbocycles. The molecule has 2 aromatic heterocycles. The molecule has 0 saturated heterocycles. The summed E-state index contributed by atoms with van der Waals surface area (Å²) in [6.07, 6.45) is 1.53. The van der Waals surface area contributed by atoms with Gasteiger partial charge in [0.25, 0.3) is 0 Å². The van der Waals surface area contributed by atoms with Crippen LogP contribution >= 0.6 is 0 Å². The minimum Gasteiger partial charge on any atom is -0.463 e. The number of hydrogen-bond donors (Lipinski definition) is 4. The van der Waals surface area contributed by atoms with Gasteiger partial charge in [0.1, 0.15) is 11.4 Å².